The number of rotatable bonds is 5. The Hall–Kier alpha value is -0.130. The van der Waals surface area contributed by atoms with E-state index >= 15 is 0 Å². The summed E-state index contributed by atoms with van der Waals surface area (Å²) < 4.78 is 27.8. The molecule has 0 radical (unpaired) electrons. The van der Waals surface area contributed by atoms with Crippen LogP contribution >= 0.6 is 0 Å². The van der Waals surface area contributed by atoms with Gasteiger partial charge in [-0.3, -0.25) is 0 Å². The molecule has 0 aromatic carbocycles. The summed E-state index contributed by atoms with van der Waals surface area (Å²) in [6.45, 7) is 9.32. The van der Waals surface area contributed by atoms with E-state index in [-0.39, 0.29) is 12.4 Å². The van der Waals surface area contributed by atoms with Crippen molar-refractivity contribution < 1.29 is 13.2 Å². The molecule has 0 saturated heterocycles. The van der Waals surface area contributed by atoms with Gasteiger partial charge in [0, 0.05) is 5.54 Å². The van der Waals surface area contributed by atoms with Crippen molar-refractivity contribution in [2.24, 2.45) is 5.73 Å². The molecule has 2 N–H and O–H groups in total. The van der Waals surface area contributed by atoms with Crippen molar-refractivity contribution in [2.45, 2.75) is 44.9 Å². The highest BCUT2D eigenvalue weighted by atomic mass is 32.2. The molecule has 0 aromatic rings. The van der Waals surface area contributed by atoms with Crippen LogP contribution in [0.5, 0.6) is 0 Å². The van der Waals surface area contributed by atoms with Crippen molar-refractivity contribution in [3.63, 3.8) is 0 Å². The van der Waals surface area contributed by atoms with Crippen molar-refractivity contribution in [1.82, 2.24) is 0 Å². The molecule has 15 heavy (non-hydrogen) atoms. The first-order valence-electron chi connectivity index (χ1n) is 5.05. The lowest BCUT2D eigenvalue weighted by atomic mass is 10.1. The fourth-order valence-corrected chi connectivity index (χ4v) is 1.76. The Balaban J connectivity index is 3.99. The fraction of sp³-hybridized carbons (Fsp3) is 1.00. The highest BCUT2D eigenvalue weighted by Crippen LogP contribution is 2.15. The van der Waals surface area contributed by atoms with Crippen LogP contribution < -0.4 is 5.73 Å². The van der Waals surface area contributed by atoms with Crippen molar-refractivity contribution in [3.8, 4) is 0 Å². The van der Waals surface area contributed by atoms with E-state index in [0.29, 0.717) is 6.61 Å². The summed E-state index contributed by atoms with van der Waals surface area (Å²) in [6, 6.07) is 0. The predicted octanol–water partition coefficient (Wildman–Crippen LogP) is 0.954. The maximum Gasteiger partial charge on any atom is 0.157 e. The van der Waals surface area contributed by atoms with Gasteiger partial charge in [0.05, 0.1) is 23.7 Å². The van der Waals surface area contributed by atoms with Crippen LogP contribution in [-0.2, 0) is 14.6 Å². The number of hydrogen-bond acceptors (Lipinski definition) is 4. The first-order chi connectivity index (χ1) is 6.46. The van der Waals surface area contributed by atoms with E-state index in [2.05, 4.69) is 0 Å². The Bertz CT molecular complexity index is 283. The summed E-state index contributed by atoms with van der Waals surface area (Å²) in [5.41, 5.74) is 5.29. The van der Waals surface area contributed by atoms with Gasteiger partial charge in [0.1, 0.15) is 0 Å². The molecule has 0 spiro atoms. The van der Waals surface area contributed by atoms with E-state index in [1.165, 1.54) is 0 Å². The lowest BCUT2D eigenvalue weighted by Gasteiger charge is -2.21. The van der Waals surface area contributed by atoms with E-state index in [1.54, 1.807) is 20.8 Å². The third-order valence-corrected chi connectivity index (χ3v) is 4.47. The summed E-state index contributed by atoms with van der Waals surface area (Å²) >= 11 is 0. The quantitative estimate of drug-likeness (QED) is 0.723. The van der Waals surface area contributed by atoms with Gasteiger partial charge in [0.15, 0.2) is 9.84 Å². The maximum absolute atomic E-state index is 11.7. The number of sulfone groups is 1. The zero-order valence-corrected chi connectivity index (χ0v) is 11.1. The first-order valence-corrected chi connectivity index (χ1v) is 6.70. The molecule has 0 bridgehead atoms. The fourth-order valence-electron chi connectivity index (χ4n) is 0.810. The van der Waals surface area contributed by atoms with E-state index in [4.69, 9.17) is 10.5 Å². The zero-order chi connectivity index (χ0) is 12.3. The SMILES string of the molecule is CC(C)(N)COCCS(=O)(=O)C(C)(C)C. The van der Waals surface area contributed by atoms with Crippen molar-refractivity contribution in [3.05, 3.63) is 0 Å². The van der Waals surface area contributed by atoms with Gasteiger partial charge < -0.3 is 10.5 Å². The van der Waals surface area contributed by atoms with Gasteiger partial charge in [-0.1, -0.05) is 0 Å². The van der Waals surface area contributed by atoms with Crippen LogP contribution in [0.25, 0.3) is 0 Å². The van der Waals surface area contributed by atoms with Crippen LogP contribution in [0.1, 0.15) is 34.6 Å². The molecule has 0 atom stereocenters. The van der Waals surface area contributed by atoms with Gasteiger partial charge in [0.25, 0.3) is 0 Å². The van der Waals surface area contributed by atoms with Gasteiger partial charge in [0.2, 0.25) is 0 Å². The smallest absolute Gasteiger partial charge is 0.157 e. The van der Waals surface area contributed by atoms with Crippen LogP contribution in [0, 0.1) is 0 Å². The normalized spacial score (nSPS) is 14.3. The Morgan fingerprint density at radius 1 is 1.13 bits per heavy atom. The molecule has 92 valence electrons. The summed E-state index contributed by atoms with van der Waals surface area (Å²) in [4.78, 5) is 0. The zero-order valence-electron chi connectivity index (χ0n) is 10.3. The van der Waals surface area contributed by atoms with Crippen LogP contribution in [0.15, 0.2) is 0 Å². The average molecular weight is 237 g/mol. The van der Waals surface area contributed by atoms with Gasteiger partial charge in [-0.05, 0) is 34.6 Å². The molecule has 4 nitrogen and oxygen atoms in total. The average Bonchev–Trinajstić information content (AvgIpc) is 1.94. The lowest BCUT2D eigenvalue weighted by Crippen LogP contribution is -2.38. The second-order valence-electron chi connectivity index (χ2n) is 5.47. The minimum absolute atomic E-state index is 0.0482. The monoisotopic (exact) mass is 237 g/mol. The second-order valence-corrected chi connectivity index (χ2v) is 8.33. The Labute approximate surface area is 93.1 Å². The Morgan fingerprint density at radius 3 is 1.93 bits per heavy atom. The van der Waals surface area contributed by atoms with Crippen LogP contribution in [0.4, 0.5) is 0 Å². The minimum Gasteiger partial charge on any atom is -0.379 e. The van der Waals surface area contributed by atoms with Gasteiger partial charge in [-0.15, -0.1) is 0 Å². The molecular weight excluding hydrogens is 214 g/mol. The molecule has 0 aliphatic rings. The summed E-state index contributed by atoms with van der Waals surface area (Å²) in [5, 5.41) is 0. The van der Waals surface area contributed by atoms with E-state index in [0.717, 1.165) is 0 Å². The molecule has 0 fully saturated rings. The predicted molar refractivity (Wildman–Crippen MR) is 62.6 cm³/mol. The van der Waals surface area contributed by atoms with Crippen molar-refractivity contribution >= 4 is 9.84 Å². The molecule has 5 heteroatoms. The van der Waals surface area contributed by atoms with Crippen molar-refractivity contribution in [2.75, 3.05) is 19.0 Å². The van der Waals surface area contributed by atoms with E-state index < -0.39 is 20.1 Å². The van der Waals surface area contributed by atoms with Gasteiger partial charge in [-0.25, -0.2) is 8.42 Å². The molecule has 0 aliphatic heterocycles. The molecule has 0 unspecified atom stereocenters. The summed E-state index contributed by atoms with van der Waals surface area (Å²) in [6.07, 6.45) is 0. The van der Waals surface area contributed by atoms with E-state index in [1.807, 2.05) is 13.8 Å². The molecule has 0 heterocycles. The first kappa shape index (κ1) is 14.9. The number of nitrogens with two attached hydrogens (primary N) is 1. The Morgan fingerprint density at radius 2 is 1.60 bits per heavy atom. The van der Waals surface area contributed by atoms with Crippen LogP contribution in [0.3, 0.4) is 0 Å². The van der Waals surface area contributed by atoms with E-state index in [9.17, 15) is 8.42 Å². The van der Waals surface area contributed by atoms with Gasteiger partial charge in [-0.2, -0.15) is 0 Å². The second kappa shape index (κ2) is 4.80. The molecule has 0 rings (SSSR count). The third kappa shape index (κ3) is 6.12. The topological polar surface area (TPSA) is 69.4 Å². The van der Waals surface area contributed by atoms with Crippen LogP contribution in [0.2, 0.25) is 0 Å². The Kier molecular flexibility index (Phi) is 4.76. The van der Waals surface area contributed by atoms with Gasteiger partial charge >= 0.3 is 0 Å². The lowest BCUT2D eigenvalue weighted by molar-refractivity contribution is 0.109. The molecule has 0 aromatic heterocycles. The third-order valence-electron chi connectivity index (χ3n) is 1.90. The molecule has 0 saturated carbocycles. The molecule has 0 amide bonds. The summed E-state index contributed by atoms with van der Waals surface area (Å²) in [5.74, 6) is 0.0482. The van der Waals surface area contributed by atoms with Crippen LogP contribution in [-0.4, -0.2) is 37.7 Å². The molecular formula is C10H23NO3S. The molecule has 0 aliphatic carbocycles. The maximum atomic E-state index is 11.7. The summed E-state index contributed by atoms with van der Waals surface area (Å²) in [7, 11) is -3.08. The highest BCUT2D eigenvalue weighted by molar-refractivity contribution is 7.92. The highest BCUT2D eigenvalue weighted by Gasteiger charge is 2.28. The standard InChI is InChI=1S/C10H23NO3S/c1-9(2,3)15(12,13)7-6-14-8-10(4,5)11/h6-8,11H2,1-5H3. The minimum atomic E-state index is -3.08. The largest absolute Gasteiger partial charge is 0.379 e. The van der Waals surface area contributed by atoms with Crippen molar-refractivity contribution in [1.29, 1.82) is 0 Å². The number of ether oxygens (including phenoxy) is 1. The number of hydrogen-bond donors (Lipinski definition) is 1.